The molecule has 0 bridgehead atoms. The Labute approximate surface area is 197 Å². The maximum Gasteiger partial charge on any atom is 0.322 e. The number of aromatic nitrogens is 1. The van der Waals surface area contributed by atoms with E-state index in [1.807, 2.05) is 38.1 Å². The fourth-order valence-corrected chi connectivity index (χ4v) is 3.52. The van der Waals surface area contributed by atoms with E-state index >= 15 is 0 Å². The van der Waals surface area contributed by atoms with Gasteiger partial charge in [0.25, 0.3) is 0 Å². The Morgan fingerprint density at radius 3 is 2.36 bits per heavy atom. The van der Waals surface area contributed by atoms with Crippen molar-refractivity contribution in [3.8, 4) is 0 Å². The van der Waals surface area contributed by atoms with Crippen molar-refractivity contribution >= 4 is 47.2 Å². The minimum Gasteiger partial charge on any atom is -0.480 e. The summed E-state index contributed by atoms with van der Waals surface area (Å²) in [7, 11) is 0. The number of carbonyl (C=O) groups excluding carboxylic acids is 3. The van der Waals surface area contributed by atoms with Gasteiger partial charge in [0.1, 0.15) is 18.6 Å². The number of rotatable bonds is 12. The van der Waals surface area contributed by atoms with Gasteiger partial charge in [-0.15, -0.1) is 0 Å². The molecular weight excluding hydrogens is 446 g/mol. The normalized spacial score (nSPS) is 13.8. The Bertz CT molecular complexity index is 992. The number of nitrogens with two attached hydrogens (primary N) is 1. The van der Waals surface area contributed by atoms with Gasteiger partial charge in [0.05, 0.1) is 6.04 Å². The number of aliphatic carboxylic acids is 1. The molecule has 0 aliphatic heterocycles. The predicted octanol–water partition coefficient (Wildman–Crippen LogP) is 0.184. The molecule has 11 heteroatoms. The summed E-state index contributed by atoms with van der Waals surface area (Å²) >= 11 is 4.01. The highest BCUT2D eigenvalue weighted by atomic mass is 32.1. The minimum atomic E-state index is -1.20. The van der Waals surface area contributed by atoms with E-state index in [1.165, 1.54) is 0 Å². The topological polar surface area (TPSA) is 166 Å². The molecule has 1 aromatic heterocycles. The van der Waals surface area contributed by atoms with Gasteiger partial charge in [0.2, 0.25) is 17.7 Å². The third-order valence-electron chi connectivity index (χ3n) is 5.02. The number of H-pyrrole nitrogens is 1. The molecule has 3 unspecified atom stereocenters. The summed E-state index contributed by atoms with van der Waals surface area (Å²) in [5.41, 5.74) is 7.36. The fourth-order valence-electron chi connectivity index (χ4n) is 3.35. The van der Waals surface area contributed by atoms with Crippen LogP contribution in [0.1, 0.15) is 25.8 Å². The van der Waals surface area contributed by atoms with Gasteiger partial charge in [0.15, 0.2) is 0 Å². The van der Waals surface area contributed by atoms with Crippen LogP contribution in [0.3, 0.4) is 0 Å². The lowest BCUT2D eigenvalue weighted by molar-refractivity contribution is -0.138. The van der Waals surface area contributed by atoms with Crippen LogP contribution in [0.15, 0.2) is 30.5 Å². The van der Waals surface area contributed by atoms with Crippen LogP contribution in [0, 0.1) is 5.92 Å². The predicted molar refractivity (Wildman–Crippen MR) is 128 cm³/mol. The van der Waals surface area contributed by atoms with Crippen LogP contribution >= 0.6 is 12.6 Å². The average Bonchev–Trinajstić information content (AvgIpc) is 3.18. The van der Waals surface area contributed by atoms with E-state index in [4.69, 9.17) is 10.8 Å². The van der Waals surface area contributed by atoms with Crippen LogP contribution in [0.5, 0.6) is 0 Å². The van der Waals surface area contributed by atoms with Crippen molar-refractivity contribution in [1.82, 2.24) is 20.9 Å². The molecule has 0 saturated heterocycles. The third-order valence-corrected chi connectivity index (χ3v) is 5.41. The van der Waals surface area contributed by atoms with Crippen LogP contribution in [0.2, 0.25) is 0 Å². The maximum atomic E-state index is 13.1. The molecule has 0 saturated carbocycles. The number of hydrogen-bond donors (Lipinski definition) is 7. The van der Waals surface area contributed by atoms with E-state index in [0.717, 1.165) is 16.5 Å². The summed E-state index contributed by atoms with van der Waals surface area (Å²) in [6, 6.07) is 4.65. The van der Waals surface area contributed by atoms with E-state index < -0.39 is 48.4 Å². The molecule has 1 aromatic carbocycles. The molecule has 7 N–H and O–H groups in total. The van der Waals surface area contributed by atoms with Crippen LogP contribution < -0.4 is 21.7 Å². The Kier molecular flexibility index (Phi) is 9.74. The van der Waals surface area contributed by atoms with Gasteiger partial charge in [-0.1, -0.05) is 32.0 Å². The van der Waals surface area contributed by atoms with Gasteiger partial charge in [-0.3, -0.25) is 19.2 Å². The van der Waals surface area contributed by atoms with Gasteiger partial charge in [-0.25, -0.2) is 0 Å². The first kappa shape index (κ1) is 26.2. The lowest BCUT2D eigenvalue weighted by Crippen LogP contribution is -2.57. The maximum absolute atomic E-state index is 13.1. The molecule has 2 rings (SSSR count). The highest BCUT2D eigenvalue weighted by molar-refractivity contribution is 7.80. The third kappa shape index (κ3) is 7.79. The number of fused-ring (bicyclic) bond motifs is 1. The molecule has 10 nitrogen and oxygen atoms in total. The van der Waals surface area contributed by atoms with Crippen molar-refractivity contribution < 1.29 is 24.3 Å². The molecule has 3 atom stereocenters. The summed E-state index contributed by atoms with van der Waals surface area (Å²) < 4.78 is 0. The largest absolute Gasteiger partial charge is 0.480 e. The molecule has 0 fully saturated rings. The number of nitrogens with one attached hydrogen (secondary N) is 4. The minimum absolute atomic E-state index is 0.0705. The first-order valence-corrected chi connectivity index (χ1v) is 11.3. The van der Waals surface area contributed by atoms with Crippen LogP contribution in [0.4, 0.5) is 0 Å². The van der Waals surface area contributed by atoms with Gasteiger partial charge < -0.3 is 31.8 Å². The summed E-state index contributed by atoms with van der Waals surface area (Å²) in [6.45, 7) is 3.21. The summed E-state index contributed by atoms with van der Waals surface area (Å²) in [6.07, 6.45) is 2.19. The highest BCUT2D eigenvalue weighted by Gasteiger charge is 2.29. The Balaban J connectivity index is 2.24. The molecule has 0 spiro atoms. The molecule has 0 aliphatic rings. The van der Waals surface area contributed by atoms with Crippen molar-refractivity contribution in [3.05, 3.63) is 36.0 Å². The first-order valence-electron chi connectivity index (χ1n) is 10.6. The zero-order valence-corrected chi connectivity index (χ0v) is 19.5. The molecular formula is C22H31N5O5S. The molecule has 0 aliphatic carbocycles. The quantitative estimate of drug-likeness (QED) is 0.215. The van der Waals surface area contributed by atoms with Crippen molar-refractivity contribution in [1.29, 1.82) is 0 Å². The van der Waals surface area contributed by atoms with Gasteiger partial charge in [-0.2, -0.15) is 12.6 Å². The summed E-state index contributed by atoms with van der Waals surface area (Å²) in [5, 5.41) is 17.4. The molecule has 0 radical (unpaired) electrons. The van der Waals surface area contributed by atoms with Crippen molar-refractivity contribution in [3.63, 3.8) is 0 Å². The first-order chi connectivity index (χ1) is 15.6. The summed E-state index contributed by atoms with van der Waals surface area (Å²) in [5.74, 6) is -2.74. The highest BCUT2D eigenvalue weighted by Crippen LogP contribution is 2.19. The molecule has 2 aromatic rings. The second-order valence-corrected chi connectivity index (χ2v) is 8.58. The lowest BCUT2D eigenvalue weighted by atomic mass is 10.0. The standard InChI is InChI=1S/C22H31N5O5S/c1-12(2)7-17(26-20(30)15(23)11-33)22(32)27-18(21(31)25-10-19(28)29)8-13-9-24-16-6-4-3-5-14(13)16/h3-6,9,12,15,17-18,24,33H,7-8,10-11,23H2,1-2H3,(H,25,31)(H,26,30)(H,27,32)(H,28,29). The molecule has 33 heavy (non-hydrogen) atoms. The number of hydrogen-bond acceptors (Lipinski definition) is 6. The second-order valence-electron chi connectivity index (χ2n) is 8.22. The van der Waals surface area contributed by atoms with Crippen LogP contribution in [-0.4, -0.2) is 64.2 Å². The van der Waals surface area contributed by atoms with Crippen molar-refractivity contribution in [2.45, 2.75) is 44.8 Å². The van der Waals surface area contributed by atoms with Gasteiger partial charge in [0, 0.05) is 29.3 Å². The number of carboxylic acid groups (broad SMARTS) is 1. The lowest BCUT2D eigenvalue weighted by Gasteiger charge is -2.25. The Hall–Kier alpha value is -3.05. The van der Waals surface area contributed by atoms with E-state index in [-0.39, 0.29) is 18.1 Å². The van der Waals surface area contributed by atoms with E-state index in [2.05, 4.69) is 33.6 Å². The van der Waals surface area contributed by atoms with Crippen LogP contribution in [0.25, 0.3) is 10.9 Å². The molecule has 3 amide bonds. The smallest absolute Gasteiger partial charge is 0.322 e. The number of thiol groups is 1. The molecule has 180 valence electrons. The number of carbonyl (C=O) groups is 4. The van der Waals surface area contributed by atoms with Crippen molar-refractivity contribution in [2.24, 2.45) is 11.7 Å². The Morgan fingerprint density at radius 2 is 1.73 bits per heavy atom. The summed E-state index contributed by atoms with van der Waals surface area (Å²) in [4.78, 5) is 52.1. The number of amides is 3. The van der Waals surface area contributed by atoms with Crippen molar-refractivity contribution in [2.75, 3.05) is 12.3 Å². The van der Waals surface area contributed by atoms with Crippen LogP contribution in [-0.2, 0) is 25.6 Å². The SMILES string of the molecule is CC(C)CC(NC(=O)C(N)CS)C(=O)NC(Cc1c[nH]c2ccccc12)C(=O)NCC(=O)O. The van der Waals surface area contributed by atoms with E-state index in [0.29, 0.717) is 6.42 Å². The molecule has 1 heterocycles. The number of para-hydroxylation sites is 1. The monoisotopic (exact) mass is 477 g/mol. The number of benzene rings is 1. The van der Waals surface area contributed by atoms with E-state index in [9.17, 15) is 19.2 Å². The zero-order valence-electron chi connectivity index (χ0n) is 18.6. The Morgan fingerprint density at radius 1 is 1.06 bits per heavy atom. The van der Waals surface area contributed by atoms with Gasteiger partial charge >= 0.3 is 5.97 Å². The number of carboxylic acids is 1. The second kappa shape index (κ2) is 12.3. The van der Waals surface area contributed by atoms with Gasteiger partial charge in [-0.05, 0) is 24.0 Å². The average molecular weight is 478 g/mol. The van der Waals surface area contributed by atoms with E-state index in [1.54, 1.807) is 6.20 Å². The number of aromatic amines is 1. The fraction of sp³-hybridized carbons (Fsp3) is 0.455. The zero-order chi connectivity index (χ0) is 24.5.